The molecule has 2 aliphatic heterocycles. The Morgan fingerprint density at radius 1 is 1.14 bits per heavy atom. The molecule has 0 aromatic carbocycles. The van der Waals surface area contributed by atoms with Gasteiger partial charge in [-0.25, -0.2) is 4.98 Å². The monoisotopic (exact) mass is 283 g/mol. The maximum absolute atomic E-state index is 12.9. The van der Waals surface area contributed by atoms with Gasteiger partial charge in [-0.1, -0.05) is 0 Å². The molecule has 0 spiro atoms. The highest BCUT2D eigenvalue weighted by molar-refractivity contribution is 5.62. The van der Waals surface area contributed by atoms with Crippen molar-refractivity contribution in [3.63, 3.8) is 0 Å². The number of nitrogens with zero attached hydrogens (tertiary/aromatic N) is 3. The second-order valence-electron chi connectivity index (χ2n) is 6.18. The van der Waals surface area contributed by atoms with E-state index in [0.717, 1.165) is 17.2 Å². The number of rotatable bonds is 2. The number of halogens is 1. The molecule has 0 aliphatic carbocycles. The molecule has 0 saturated carbocycles. The highest BCUT2D eigenvalue weighted by Gasteiger charge is 2.44. The first-order valence-corrected chi connectivity index (χ1v) is 7.51. The van der Waals surface area contributed by atoms with Crippen LogP contribution in [0, 0.1) is 5.95 Å². The third-order valence-electron chi connectivity index (χ3n) is 5.13. The van der Waals surface area contributed by atoms with E-state index < -0.39 is 5.95 Å². The SMILES string of the molecule is CN1[C@@H]2CC[C@@H]1[C@@H](c1cncc(-c3ccc(F)nc3)c1)C2. The normalized spacial score (nSPS) is 28.2. The largest absolute Gasteiger partial charge is 0.300 e. The summed E-state index contributed by atoms with van der Waals surface area (Å²) in [6.45, 7) is 0. The molecule has 21 heavy (non-hydrogen) atoms. The summed E-state index contributed by atoms with van der Waals surface area (Å²) in [7, 11) is 2.24. The fourth-order valence-corrected chi connectivity index (χ4v) is 3.98. The van der Waals surface area contributed by atoms with Gasteiger partial charge in [-0.2, -0.15) is 4.39 Å². The van der Waals surface area contributed by atoms with Crippen LogP contribution in [0.5, 0.6) is 0 Å². The second kappa shape index (κ2) is 4.88. The minimum Gasteiger partial charge on any atom is -0.300 e. The first-order chi connectivity index (χ1) is 10.2. The Hall–Kier alpha value is -1.81. The van der Waals surface area contributed by atoms with Gasteiger partial charge in [-0.05, 0) is 50.1 Å². The predicted molar refractivity (Wildman–Crippen MR) is 79.4 cm³/mol. The molecule has 2 aromatic rings. The minimum atomic E-state index is -0.447. The van der Waals surface area contributed by atoms with Gasteiger partial charge in [0.1, 0.15) is 0 Å². The summed E-state index contributed by atoms with van der Waals surface area (Å²) in [4.78, 5) is 10.7. The molecule has 0 unspecified atom stereocenters. The number of fused-ring (bicyclic) bond motifs is 2. The Balaban J connectivity index is 1.66. The summed E-state index contributed by atoms with van der Waals surface area (Å²) in [6.07, 6.45) is 9.23. The van der Waals surface area contributed by atoms with Crippen molar-refractivity contribution in [1.29, 1.82) is 0 Å². The molecule has 2 aromatic heterocycles. The number of pyridine rings is 2. The van der Waals surface area contributed by atoms with E-state index in [2.05, 4.69) is 28.0 Å². The van der Waals surface area contributed by atoms with Crippen molar-refractivity contribution >= 4 is 0 Å². The molecule has 4 heteroatoms. The zero-order valence-corrected chi connectivity index (χ0v) is 12.0. The summed E-state index contributed by atoms with van der Waals surface area (Å²) in [6, 6.07) is 6.74. The summed E-state index contributed by atoms with van der Waals surface area (Å²) in [5, 5.41) is 0. The summed E-state index contributed by atoms with van der Waals surface area (Å²) < 4.78 is 12.9. The lowest BCUT2D eigenvalue weighted by Gasteiger charge is -2.22. The lowest BCUT2D eigenvalue weighted by atomic mass is 9.84. The molecule has 3 atom stereocenters. The van der Waals surface area contributed by atoms with E-state index in [1.165, 1.54) is 30.9 Å². The van der Waals surface area contributed by atoms with Crippen molar-refractivity contribution < 1.29 is 4.39 Å². The predicted octanol–water partition coefficient (Wildman–Crippen LogP) is 3.23. The Bertz CT molecular complexity index is 655. The molecule has 108 valence electrons. The van der Waals surface area contributed by atoms with Crippen LogP contribution in [0.4, 0.5) is 4.39 Å². The number of hydrogen-bond donors (Lipinski definition) is 0. The van der Waals surface area contributed by atoms with E-state index in [1.54, 1.807) is 12.3 Å². The van der Waals surface area contributed by atoms with Gasteiger partial charge in [0.2, 0.25) is 5.95 Å². The highest BCUT2D eigenvalue weighted by atomic mass is 19.1. The standard InChI is InChI=1S/C17H18FN3/c1-21-14-3-4-16(21)15(7-14)13-6-12(8-19-9-13)11-2-5-17(18)20-10-11/h2,5-6,8-10,14-16H,3-4,7H2,1H3/t14-,15-,16-/m1/s1. The maximum Gasteiger partial charge on any atom is 0.212 e. The van der Waals surface area contributed by atoms with Crippen molar-refractivity contribution in [3.8, 4) is 11.1 Å². The van der Waals surface area contributed by atoms with E-state index >= 15 is 0 Å². The average molecular weight is 283 g/mol. The van der Waals surface area contributed by atoms with Crippen LogP contribution in [-0.2, 0) is 0 Å². The average Bonchev–Trinajstić information content (AvgIpc) is 3.03. The summed E-state index contributed by atoms with van der Waals surface area (Å²) >= 11 is 0. The van der Waals surface area contributed by atoms with Crippen molar-refractivity contribution in [2.24, 2.45) is 0 Å². The van der Waals surface area contributed by atoms with Gasteiger partial charge in [0, 0.05) is 47.7 Å². The fourth-order valence-electron chi connectivity index (χ4n) is 3.98. The van der Waals surface area contributed by atoms with Crippen molar-refractivity contribution in [2.75, 3.05) is 7.05 Å². The quantitative estimate of drug-likeness (QED) is 0.792. The molecule has 4 rings (SSSR count). The molecule has 0 amide bonds. The Morgan fingerprint density at radius 3 is 2.71 bits per heavy atom. The Labute approximate surface area is 123 Å². The zero-order valence-electron chi connectivity index (χ0n) is 12.0. The van der Waals surface area contributed by atoms with Crippen molar-refractivity contribution in [2.45, 2.75) is 37.3 Å². The Morgan fingerprint density at radius 2 is 2.05 bits per heavy atom. The fraction of sp³-hybridized carbons (Fsp3) is 0.412. The van der Waals surface area contributed by atoms with Crippen LogP contribution >= 0.6 is 0 Å². The first-order valence-electron chi connectivity index (χ1n) is 7.51. The third kappa shape index (κ3) is 2.14. The molecule has 4 heterocycles. The van der Waals surface area contributed by atoms with E-state index in [1.807, 2.05) is 12.4 Å². The maximum atomic E-state index is 12.9. The summed E-state index contributed by atoms with van der Waals surface area (Å²) in [5.74, 6) is 0.132. The Kier molecular flexibility index (Phi) is 3.00. The van der Waals surface area contributed by atoms with Gasteiger partial charge in [0.15, 0.2) is 0 Å². The van der Waals surface area contributed by atoms with Gasteiger partial charge in [0.05, 0.1) is 0 Å². The van der Waals surface area contributed by atoms with Gasteiger partial charge >= 0.3 is 0 Å². The molecule has 2 fully saturated rings. The smallest absolute Gasteiger partial charge is 0.212 e. The molecule has 0 radical (unpaired) electrons. The minimum absolute atomic E-state index is 0.447. The van der Waals surface area contributed by atoms with Gasteiger partial charge in [-0.15, -0.1) is 0 Å². The molecule has 0 N–H and O–H groups in total. The number of aromatic nitrogens is 2. The van der Waals surface area contributed by atoms with Crippen LogP contribution in [-0.4, -0.2) is 34.0 Å². The van der Waals surface area contributed by atoms with Crippen LogP contribution in [0.2, 0.25) is 0 Å². The lowest BCUT2D eigenvalue weighted by molar-refractivity contribution is 0.307. The molecular formula is C17H18FN3. The summed E-state index contributed by atoms with van der Waals surface area (Å²) in [5.41, 5.74) is 3.24. The van der Waals surface area contributed by atoms with E-state index in [-0.39, 0.29) is 0 Å². The zero-order chi connectivity index (χ0) is 14.4. The number of hydrogen-bond acceptors (Lipinski definition) is 3. The van der Waals surface area contributed by atoms with Crippen LogP contribution in [0.1, 0.15) is 30.7 Å². The third-order valence-corrected chi connectivity index (χ3v) is 5.13. The first kappa shape index (κ1) is 12.9. The van der Waals surface area contributed by atoms with E-state index in [9.17, 15) is 4.39 Å². The molecule has 3 nitrogen and oxygen atoms in total. The molecular weight excluding hydrogens is 265 g/mol. The van der Waals surface area contributed by atoms with E-state index in [0.29, 0.717) is 12.0 Å². The van der Waals surface area contributed by atoms with Crippen molar-refractivity contribution in [1.82, 2.24) is 14.9 Å². The van der Waals surface area contributed by atoms with Crippen molar-refractivity contribution in [3.05, 3.63) is 48.3 Å². The van der Waals surface area contributed by atoms with Crippen LogP contribution < -0.4 is 0 Å². The number of likely N-dealkylation sites (N-methyl/N-ethyl adjacent to an activating group) is 1. The van der Waals surface area contributed by atoms with E-state index in [4.69, 9.17) is 0 Å². The van der Waals surface area contributed by atoms with Crippen LogP contribution in [0.15, 0.2) is 36.8 Å². The van der Waals surface area contributed by atoms with Gasteiger partial charge in [-0.3, -0.25) is 9.88 Å². The second-order valence-corrected chi connectivity index (χ2v) is 6.18. The van der Waals surface area contributed by atoms with Gasteiger partial charge in [0.25, 0.3) is 0 Å². The molecule has 2 bridgehead atoms. The topological polar surface area (TPSA) is 29.0 Å². The molecule has 2 aliphatic rings. The molecule has 2 saturated heterocycles. The lowest BCUT2D eigenvalue weighted by Crippen LogP contribution is -2.25. The van der Waals surface area contributed by atoms with Crippen LogP contribution in [0.3, 0.4) is 0 Å². The van der Waals surface area contributed by atoms with Crippen LogP contribution in [0.25, 0.3) is 11.1 Å². The van der Waals surface area contributed by atoms with Gasteiger partial charge < -0.3 is 0 Å². The highest BCUT2D eigenvalue weighted by Crippen LogP contribution is 2.45.